The van der Waals surface area contributed by atoms with Gasteiger partial charge in [0.15, 0.2) is 0 Å². The molecule has 0 aliphatic heterocycles. The van der Waals surface area contributed by atoms with Gasteiger partial charge in [-0.15, -0.1) is 11.3 Å². The number of rotatable bonds is 3. The maximum Gasteiger partial charge on any atom is 0.338 e. The highest BCUT2D eigenvalue weighted by atomic mass is 32.1. The van der Waals surface area contributed by atoms with Gasteiger partial charge in [0.1, 0.15) is 6.10 Å². The lowest BCUT2D eigenvalue weighted by molar-refractivity contribution is 0.0265. The van der Waals surface area contributed by atoms with E-state index in [1.54, 1.807) is 42.6 Å². The molecule has 0 fully saturated rings. The number of hydrogen-bond acceptors (Lipinski definition) is 5. The van der Waals surface area contributed by atoms with E-state index in [1.807, 2.05) is 6.92 Å². The lowest BCUT2D eigenvalue weighted by atomic mass is 10.00. The summed E-state index contributed by atoms with van der Waals surface area (Å²) in [6.45, 7) is 1.97. The van der Waals surface area contributed by atoms with Gasteiger partial charge in [0.25, 0.3) is 5.91 Å². The zero-order valence-corrected chi connectivity index (χ0v) is 13.9. The fraction of sp³-hybridized carbons (Fsp3) is 0.353. The summed E-state index contributed by atoms with van der Waals surface area (Å²) in [6.07, 6.45) is 2.49. The molecule has 1 aliphatic carbocycles. The number of aryl methyl sites for hydroxylation is 2. The van der Waals surface area contributed by atoms with E-state index in [-0.39, 0.29) is 12.0 Å². The molecule has 1 aromatic carbocycles. The topological polar surface area (TPSA) is 68.3 Å². The van der Waals surface area contributed by atoms with Crippen LogP contribution in [-0.4, -0.2) is 23.9 Å². The Kier molecular flexibility index (Phi) is 4.43. The van der Waals surface area contributed by atoms with Crippen LogP contribution in [0.25, 0.3) is 0 Å². The molecular weight excluding hydrogens is 312 g/mol. The number of hydrogen-bond donors (Lipinski definition) is 1. The van der Waals surface area contributed by atoms with Crippen molar-refractivity contribution in [1.82, 2.24) is 10.3 Å². The molecule has 2 aromatic rings. The third-order valence-electron chi connectivity index (χ3n) is 3.84. The average molecular weight is 330 g/mol. The molecule has 1 aliphatic rings. The van der Waals surface area contributed by atoms with Crippen molar-refractivity contribution in [3.8, 4) is 0 Å². The number of benzene rings is 1. The van der Waals surface area contributed by atoms with Crippen molar-refractivity contribution in [2.45, 2.75) is 32.3 Å². The van der Waals surface area contributed by atoms with Gasteiger partial charge in [-0.3, -0.25) is 4.79 Å². The van der Waals surface area contributed by atoms with Crippen molar-refractivity contribution in [3.05, 3.63) is 51.0 Å². The first-order chi connectivity index (χ1) is 11.1. The zero-order chi connectivity index (χ0) is 16.4. The molecule has 5 nitrogen and oxygen atoms in total. The molecule has 0 unspecified atom stereocenters. The van der Waals surface area contributed by atoms with Gasteiger partial charge >= 0.3 is 5.97 Å². The van der Waals surface area contributed by atoms with Crippen LogP contribution in [0.5, 0.6) is 0 Å². The summed E-state index contributed by atoms with van der Waals surface area (Å²) in [7, 11) is 1.56. The first kappa shape index (κ1) is 15.7. The van der Waals surface area contributed by atoms with Gasteiger partial charge in [0, 0.05) is 12.6 Å². The van der Waals surface area contributed by atoms with Crippen molar-refractivity contribution in [2.75, 3.05) is 7.05 Å². The number of carbonyl (C=O) groups excluding carboxylic acids is 2. The predicted molar refractivity (Wildman–Crippen MR) is 87.8 cm³/mol. The summed E-state index contributed by atoms with van der Waals surface area (Å²) in [5.41, 5.74) is 1.88. The Morgan fingerprint density at radius 2 is 2.13 bits per heavy atom. The SMILES string of the molecule is CNC(=O)c1cccc(C(=O)O[C@H]2CCCc3nc(C)sc32)c1. The van der Waals surface area contributed by atoms with E-state index in [1.165, 1.54) is 0 Å². The summed E-state index contributed by atoms with van der Waals surface area (Å²) >= 11 is 1.59. The molecule has 1 N–H and O–H groups in total. The van der Waals surface area contributed by atoms with Crippen LogP contribution in [0.2, 0.25) is 0 Å². The smallest absolute Gasteiger partial charge is 0.338 e. The van der Waals surface area contributed by atoms with Crippen LogP contribution in [-0.2, 0) is 11.2 Å². The normalized spacial score (nSPS) is 16.5. The highest BCUT2D eigenvalue weighted by molar-refractivity contribution is 7.11. The minimum atomic E-state index is -0.403. The molecule has 1 heterocycles. The number of ether oxygens (including phenoxy) is 1. The van der Waals surface area contributed by atoms with Crippen LogP contribution >= 0.6 is 11.3 Å². The van der Waals surface area contributed by atoms with E-state index in [9.17, 15) is 9.59 Å². The zero-order valence-electron chi connectivity index (χ0n) is 13.1. The third-order valence-corrected chi connectivity index (χ3v) is 4.95. The predicted octanol–water partition coefficient (Wildman–Crippen LogP) is 3.05. The van der Waals surface area contributed by atoms with Crippen LogP contribution in [0.3, 0.4) is 0 Å². The Labute approximate surface area is 138 Å². The van der Waals surface area contributed by atoms with Crippen molar-refractivity contribution in [2.24, 2.45) is 0 Å². The number of amides is 1. The molecular formula is C17H18N2O3S. The Hall–Kier alpha value is -2.21. The Morgan fingerprint density at radius 1 is 1.35 bits per heavy atom. The molecule has 1 atom stereocenters. The fourth-order valence-corrected chi connectivity index (χ4v) is 3.78. The summed E-state index contributed by atoms with van der Waals surface area (Å²) in [4.78, 5) is 29.7. The third kappa shape index (κ3) is 3.27. The molecule has 6 heteroatoms. The van der Waals surface area contributed by atoms with Crippen molar-refractivity contribution < 1.29 is 14.3 Å². The monoisotopic (exact) mass is 330 g/mol. The van der Waals surface area contributed by atoms with E-state index >= 15 is 0 Å². The van der Waals surface area contributed by atoms with E-state index in [0.29, 0.717) is 11.1 Å². The van der Waals surface area contributed by atoms with Gasteiger partial charge in [0.2, 0.25) is 0 Å². The van der Waals surface area contributed by atoms with Crippen LogP contribution in [0.4, 0.5) is 0 Å². The molecule has 0 spiro atoms. The second-order valence-electron chi connectivity index (χ2n) is 5.49. The van der Waals surface area contributed by atoms with Gasteiger partial charge < -0.3 is 10.1 Å². The van der Waals surface area contributed by atoms with Gasteiger partial charge in [-0.25, -0.2) is 9.78 Å². The Bertz CT molecular complexity index is 754. The number of thiazole rings is 1. The number of esters is 1. The Balaban J connectivity index is 1.79. The van der Waals surface area contributed by atoms with Crippen LogP contribution in [0.15, 0.2) is 24.3 Å². The number of nitrogens with one attached hydrogen (secondary N) is 1. The lowest BCUT2D eigenvalue weighted by Crippen LogP contribution is -2.19. The average Bonchev–Trinajstić information content (AvgIpc) is 2.95. The van der Waals surface area contributed by atoms with E-state index in [0.717, 1.165) is 34.8 Å². The van der Waals surface area contributed by atoms with Gasteiger partial charge in [-0.2, -0.15) is 0 Å². The minimum Gasteiger partial charge on any atom is -0.453 e. The summed E-state index contributed by atoms with van der Waals surface area (Å²) < 4.78 is 5.69. The van der Waals surface area contributed by atoms with Crippen molar-refractivity contribution in [1.29, 1.82) is 0 Å². The highest BCUT2D eigenvalue weighted by Crippen LogP contribution is 2.36. The quantitative estimate of drug-likeness (QED) is 0.878. The Morgan fingerprint density at radius 3 is 2.91 bits per heavy atom. The molecule has 3 rings (SSSR count). The fourth-order valence-electron chi connectivity index (χ4n) is 2.74. The highest BCUT2D eigenvalue weighted by Gasteiger charge is 2.27. The molecule has 0 radical (unpaired) electrons. The molecule has 1 aromatic heterocycles. The second-order valence-corrected chi connectivity index (χ2v) is 6.72. The maximum atomic E-state index is 12.4. The largest absolute Gasteiger partial charge is 0.453 e. The van der Waals surface area contributed by atoms with Crippen molar-refractivity contribution >= 4 is 23.2 Å². The van der Waals surface area contributed by atoms with Gasteiger partial charge in [0.05, 0.1) is 21.1 Å². The molecule has 120 valence electrons. The number of nitrogens with zero attached hydrogens (tertiary/aromatic N) is 1. The number of fused-ring (bicyclic) bond motifs is 1. The van der Waals surface area contributed by atoms with Gasteiger partial charge in [-0.1, -0.05) is 6.07 Å². The van der Waals surface area contributed by atoms with Crippen LogP contribution in [0, 0.1) is 6.92 Å². The standard InChI is InChI=1S/C17H18N2O3S/c1-10-19-13-7-4-8-14(15(13)23-10)22-17(21)12-6-3-5-11(9-12)16(20)18-2/h3,5-6,9,14H,4,7-8H2,1-2H3,(H,18,20)/t14-/m0/s1. The summed E-state index contributed by atoms with van der Waals surface area (Å²) in [6, 6.07) is 6.57. The van der Waals surface area contributed by atoms with Crippen LogP contribution < -0.4 is 5.32 Å². The van der Waals surface area contributed by atoms with Crippen molar-refractivity contribution in [3.63, 3.8) is 0 Å². The van der Waals surface area contributed by atoms with E-state index < -0.39 is 5.97 Å². The number of aromatic nitrogens is 1. The van der Waals surface area contributed by atoms with Crippen LogP contribution in [0.1, 0.15) is 55.2 Å². The maximum absolute atomic E-state index is 12.4. The molecule has 0 saturated carbocycles. The van der Waals surface area contributed by atoms with E-state index in [2.05, 4.69) is 10.3 Å². The number of carbonyl (C=O) groups is 2. The first-order valence-corrected chi connectivity index (χ1v) is 8.39. The summed E-state index contributed by atoms with van der Waals surface area (Å²) in [5.74, 6) is -0.627. The molecule has 0 bridgehead atoms. The molecule has 23 heavy (non-hydrogen) atoms. The van der Waals surface area contributed by atoms with Gasteiger partial charge in [-0.05, 0) is 44.4 Å². The van der Waals surface area contributed by atoms with E-state index in [4.69, 9.17) is 4.74 Å². The molecule has 1 amide bonds. The first-order valence-electron chi connectivity index (χ1n) is 7.58. The minimum absolute atomic E-state index is 0.224. The second kappa shape index (κ2) is 6.50. The summed E-state index contributed by atoms with van der Waals surface area (Å²) in [5, 5.41) is 3.55. The lowest BCUT2D eigenvalue weighted by Gasteiger charge is -2.21. The molecule has 0 saturated heterocycles.